The molecule has 0 atom stereocenters. The Morgan fingerprint density at radius 1 is 0.879 bits per heavy atom. The highest BCUT2D eigenvalue weighted by molar-refractivity contribution is 7.92. The summed E-state index contributed by atoms with van der Waals surface area (Å²) in [7, 11) is -0.721. The van der Waals surface area contributed by atoms with Gasteiger partial charge in [0.25, 0.3) is 5.91 Å². The van der Waals surface area contributed by atoms with E-state index in [4.69, 9.17) is 18.9 Å². The van der Waals surface area contributed by atoms with Crippen molar-refractivity contribution in [3.05, 3.63) is 90.1 Å². The van der Waals surface area contributed by atoms with Gasteiger partial charge in [-0.3, -0.25) is 14.4 Å². The third-order valence-electron chi connectivity index (χ3n) is 9.16. The number of anilines is 5. The van der Waals surface area contributed by atoms with E-state index in [-0.39, 0.29) is 40.3 Å². The minimum atomic E-state index is -3.65. The lowest BCUT2D eigenvalue weighted by atomic mass is 9.86. The predicted molar refractivity (Wildman–Crippen MR) is 225 cm³/mol. The van der Waals surface area contributed by atoms with Gasteiger partial charge in [0.2, 0.25) is 21.9 Å². The molecular weight excluding hydrogens is 765 g/mol. The maximum Gasteiger partial charge on any atom is 0.323 e. The molecule has 3 amide bonds. The maximum atomic E-state index is 13.5. The molecule has 5 N–H and O–H groups in total. The van der Waals surface area contributed by atoms with E-state index in [9.17, 15) is 18.0 Å². The number of benzene rings is 4. The molecule has 1 aliphatic rings. The third-order valence-corrected chi connectivity index (χ3v) is 9.75. The summed E-state index contributed by atoms with van der Waals surface area (Å²) in [6, 6.07) is 20.4. The molecule has 5 aromatic rings. The minimum Gasteiger partial charge on any atom is -0.497 e. The summed E-state index contributed by atoms with van der Waals surface area (Å²) in [4.78, 5) is 37.7. The van der Waals surface area contributed by atoms with Crippen molar-refractivity contribution in [2.75, 3.05) is 80.5 Å². The molecule has 0 radical (unpaired) electrons. The van der Waals surface area contributed by atoms with Gasteiger partial charge in [-0.2, -0.15) is 4.98 Å². The molecule has 6 rings (SSSR count). The molecule has 16 nitrogen and oxygen atoms in total. The highest BCUT2D eigenvalue weighted by atomic mass is 32.2. The molecule has 0 aliphatic carbocycles. The number of nitrogens with zero attached hydrogens (tertiary/aromatic N) is 3. The smallest absolute Gasteiger partial charge is 0.323 e. The van der Waals surface area contributed by atoms with Gasteiger partial charge in [0.1, 0.15) is 11.5 Å². The lowest BCUT2D eigenvalue weighted by molar-refractivity contribution is 0.0383. The van der Waals surface area contributed by atoms with Crippen LogP contribution in [0.4, 0.5) is 33.5 Å². The Balaban J connectivity index is 1.17. The summed E-state index contributed by atoms with van der Waals surface area (Å²) in [6.07, 6.45) is 2.59. The highest BCUT2D eigenvalue weighted by Gasteiger charge is 2.23. The summed E-state index contributed by atoms with van der Waals surface area (Å²) in [5, 5.41) is 13.2. The van der Waals surface area contributed by atoms with Crippen LogP contribution in [-0.2, 0) is 20.2 Å². The van der Waals surface area contributed by atoms with Crippen LogP contribution in [0.5, 0.6) is 23.1 Å². The van der Waals surface area contributed by atoms with E-state index in [1.807, 2.05) is 45.0 Å². The molecule has 0 saturated carbocycles. The summed E-state index contributed by atoms with van der Waals surface area (Å²) in [5.74, 6) is 1.35. The van der Waals surface area contributed by atoms with Gasteiger partial charge in [-0.1, -0.05) is 45.0 Å². The molecular formula is C41H48N8O8S. The Kier molecular flexibility index (Phi) is 12.8. The van der Waals surface area contributed by atoms with Crippen molar-refractivity contribution < 1.29 is 37.0 Å². The summed E-state index contributed by atoms with van der Waals surface area (Å²) < 4.78 is 49.5. The van der Waals surface area contributed by atoms with E-state index < -0.39 is 16.1 Å². The van der Waals surface area contributed by atoms with Crippen molar-refractivity contribution in [2.24, 2.45) is 0 Å². The number of aromatic nitrogens is 2. The molecule has 58 heavy (non-hydrogen) atoms. The molecule has 17 heteroatoms. The molecule has 1 fully saturated rings. The first-order chi connectivity index (χ1) is 27.7. The zero-order chi connectivity index (χ0) is 41.5. The Morgan fingerprint density at radius 3 is 2.31 bits per heavy atom. The number of carbonyl (C=O) groups excluding carboxylic acids is 2. The number of methoxy groups -OCH3 is 2. The molecule has 0 bridgehead atoms. The van der Waals surface area contributed by atoms with Gasteiger partial charge in [-0.05, 0) is 47.4 Å². The van der Waals surface area contributed by atoms with Crippen molar-refractivity contribution in [3.8, 4) is 23.1 Å². The van der Waals surface area contributed by atoms with Gasteiger partial charge in [0.15, 0.2) is 5.75 Å². The molecule has 1 aromatic heterocycles. The number of urea groups is 1. The number of morpholine rings is 1. The number of ether oxygens (including phenoxy) is 4. The van der Waals surface area contributed by atoms with Crippen LogP contribution in [0.25, 0.3) is 10.8 Å². The second kappa shape index (κ2) is 18.0. The standard InChI is InChI=1S/C41H48N8O8S/c1-41(2,3)27-23-33(37(55-5)34(24-27)48-58(6,52)53)46-40(51)45-32-11-12-35(31-10-8-7-9-30(31)32)57-36-13-14-43-39(47-36)44-28-21-26(22-29(25-28)54-4)38(50)42-15-16-49-17-19-56-20-18-49/h7-14,21-25,48H,15-20H2,1-6H3,(H,42,50)(H,43,44,47)(H2,45,46,51). The third kappa shape index (κ3) is 10.8. The molecule has 1 saturated heterocycles. The average molecular weight is 813 g/mol. The van der Waals surface area contributed by atoms with Crippen LogP contribution in [0.2, 0.25) is 0 Å². The van der Waals surface area contributed by atoms with Gasteiger partial charge in [-0.25, -0.2) is 18.2 Å². The van der Waals surface area contributed by atoms with Crippen molar-refractivity contribution in [3.63, 3.8) is 0 Å². The van der Waals surface area contributed by atoms with E-state index >= 15 is 0 Å². The van der Waals surface area contributed by atoms with Gasteiger partial charge >= 0.3 is 6.03 Å². The van der Waals surface area contributed by atoms with Crippen LogP contribution in [0.1, 0.15) is 36.7 Å². The Morgan fingerprint density at radius 2 is 1.60 bits per heavy atom. The summed E-state index contributed by atoms with van der Waals surface area (Å²) in [5.41, 5.74) is 2.33. The quantitative estimate of drug-likeness (QED) is 0.0812. The van der Waals surface area contributed by atoms with Crippen molar-refractivity contribution in [1.29, 1.82) is 0 Å². The molecule has 2 heterocycles. The highest BCUT2D eigenvalue weighted by Crippen LogP contribution is 2.40. The van der Waals surface area contributed by atoms with Gasteiger partial charge in [-0.15, -0.1) is 0 Å². The zero-order valence-corrected chi connectivity index (χ0v) is 34.1. The first-order valence-electron chi connectivity index (χ1n) is 18.5. The van der Waals surface area contributed by atoms with Crippen LogP contribution in [0, 0.1) is 0 Å². The monoisotopic (exact) mass is 812 g/mol. The lowest BCUT2D eigenvalue weighted by Gasteiger charge is -2.26. The largest absolute Gasteiger partial charge is 0.497 e. The number of amides is 3. The van der Waals surface area contributed by atoms with Crippen molar-refractivity contribution >= 4 is 61.4 Å². The van der Waals surface area contributed by atoms with E-state index in [0.29, 0.717) is 59.0 Å². The van der Waals surface area contributed by atoms with Crippen molar-refractivity contribution in [1.82, 2.24) is 20.2 Å². The Hall–Kier alpha value is -6.17. The molecule has 0 unspecified atom stereocenters. The molecule has 0 spiro atoms. The first-order valence-corrected chi connectivity index (χ1v) is 20.4. The predicted octanol–water partition coefficient (Wildman–Crippen LogP) is 6.56. The van der Waals surface area contributed by atoms with E-state index in [1.54, 1.807) is 54.7 Å². The number of nitrogens with one attached hydrogen (secondary N) is 5. The molecule has 306 valence electrons. The number of hydrogen-bond acceptors (Lipinski definition) is 12. The minimum absolute atomic E-state index is 0.161. The fourth-order valence-corrected chi connectivity index (χ4v) is 6.82. The second-order valence-corrected chi connectivity index (χ2v) is 16.3. The summed E-state index contributed by atoms with van der Waals surface area (Å²) >= 11 is 0. The van der Waals surface area contributed by atoms with Gasteiger partial charge < -0.3 is 40.2 Å². The Labute approximate surface area is 337 Å². The average Bonchev–Trinajstić information content (AvgIpc) is 3.18. The normalized spacial score (nSPS) is 13.3. The van der Waals surface area contributed by atoms with E-state index in [0.717, 1.165) is 31.5 Å². The number of rotatable bonds is 14. The fourth-order valence-electron chi connectivity index (χ4n) is 6.27. The zero-order valence-electron chi connectivity index (χ0n) is 33.3. The fraction of sp³-hybridized carbons (Fsp3) is 0.317. The van der Waals surface area contributed by atoms with Crippen molar-refractivity contribution in [2.45, 2.75) is 26.2 Å². The van der Waals surface area contributed by atoms with Crippen LogP contribution >= 0.6 is 0 Å². The SMILES string of the molecule is COc1cc(Nc2nccc(Oc3ccc(NC(=O)Nc4cc(C(C)(C)C)cc(NS(C)(=O)=O)c4OC)c4ccccc34)n2)cc(C(=O)NCCN2CCOCC2)c1. The van der Waals surface area contributed by atoms with Gasteiger partial charge in [0.05, 0.1) is 50.8 Å². The first kappa shape index (κ1) is 41.5. The maximum absolute atomic E-state index is 13.5. The van der Waals surface area contributed by atoms with Crippen LogP contribution in [0.15, 0.2) is 79.0 Å². The van der Waals surface area contributed by atoms with E-state index in [2.05, 4.69) is 40.9 Å². The van der Waals surface area contributed by atoms with E-state index in [1.165, 1.54) is 14.2 Å². The second-order valence-electron chi connectivity index (χ2n) is 14.6. The van der Waals surface area contributed by atoms with Crippen LogP contribution in [0.3, 0.4) is 0 Å². The summed E-state index contributed by atoms with van der Waals surface area (Å²) in [6.45, 7) is 10.2. The Bertz CT molecular complexity index is 2400. The van der Waals surface area contributed by atoms with Crippen LogP contribution < -0.4 is 40.2 Å². The number of hydrogen-bond donors (Lipinski definition) is 5. The molecule has 4 aromatic carbocycles. The lowest BCUT2D eigenvalue weighted by Crippen LogP contribution is -2.41. The number of carbonyl (C=O) groups is 2. The number of sulfonamides is 1. The molecule has 1 aliphatic heterocycles. The van der Waals surface area contributed by atoms with Crippen LogP contribution in [-0.4, -0.2) is 95.1 Å². The van der Waals surface area contributed by atoms with Gasteiger partial charge in [0, 0.05) is 66.5 Å². The number of fused-ring (bicyclic) bond motifs is 1. The topological polar surface area (TPSA) is 194 Å².